The molecular weight excluding hydrogens is 214 g/mol. The SMILES string of the molecule is CC(=S)P(=O)(O)OC(F)CCl. The lowest BCUT2D eigenvalue weighted by molar-refractivity contribution is 0.0807. The van der Waals surface area contributed by atoms with Crippen molar-refractivity contribution < 1.29 is 18.4 Å². The number of rotatable bonds is 4. The molecule has 11 heavy (non-hydrogen) atoms. The van der Waals surface area contributed by atoms with Crippen LogP contribution in [0, 0.1) is 0 Å². The third-order valence-corrected chi connectivity index (χ3v) is 3.02. The molecule has 1 N–H and O–H groups in total. The van der Waals surface area contributed by atoms with Gasteiger partial charge in [0.1, 0.15) is 4.61 Å². The molecular formula is C4H7ClFO3PS. The smallest absolute Gasteiger partial charge is 0.321 e. The van der Waals surface area contributed by atoms with Crippen LogP contribution in [0.15, 0.2) is 0 Å². The van der Waals surface area contributed by atoms with E-state index in [4.69, 9.17) is 16.5 Å². The number of thiocarbonyl (C=S) groups is 1. The van der Waals surface area contributed by atoms with E-state index < -0.39 is 19.8 Å². The average Bonchev–Trinajstić information content (AvgIpc) is 1.86. The monoisotopic (exact) mass is 220 g/mol. The van der Waals surface area contributed by atoms with Gasteiger partial charge in [-0.05, 0) is 6.92 Å². The third kappa shape index (κ3) is 4.13. The zero-order valence-corrected chi connectivity index (χ0v) is 8.13. The first-order valence-electron chi connectivity index (χ1n) is 2.62. The average molecular weight is 221 g/mol. The Bertz CT molecular complexity index is 200. The van der Waals surface area contributed by atoms with Gasteiger partial charge in [-0.3, -0.25) is 9.09 Å². The molecule has 0 rings (SSSR count). The quantitative estimate of drug-likeness (QED) is 0.448. The van der Waals surface area contributed by atoms with Crippen LogP contribution in [0.2, 0.25) is 0 Å². The molecule has 0 saturated heterocycles. The first-order valence-corrected chi connectivity index (χ1v) is 5.14. The number of alkyl halides is 2. The predicted molar refractivity (Wildman–Crippen MR) is 44.8 cm³/mol. The van der Waals surface area contributed by atoms with Crippen LogP contribution in [0.5, 0.6) is 0 Å². The first kappa shape index (κ1) is 11.5. The third-order valence-electron chi connectivity index (χ3n) is 0.777. The molecule has 66 valence electrons. The summed E-state index contributed by atoms with van der Waals surface area (Å²) >= 11 is 9.34. The van der Waals surface area contributed by atoms with Crippen LogP contribution in [-0.4, -0.2) is 21.7 Å². The first-order chi connectivity index (χ1) is 4.90. The van der Waals surface area contributed by atoms with Crippen molar-refractivity contribution >= 4 is 36.0 Å². The van der Waals surface area contributed by atoms with E-state index in [0.29, 0.717) is 0 Å². The lowest BCUT2D eigenvalue weighted by Crippen LogP contribution is -2.08. The molecule has 0 aliphatic heterocycles. The Hall–Kier alpha value is 0.460. The van der Waals surface area contributed by atoms with Crippen molar-refractivity contribution in [2.45, 2.75) is 13.3 Å². The number of halogens is 2. The molecule has 2 atom stereocenters. The molecule has 0 aromatic carbocycles. The summed E-state index contributed by atoms with van der Waals surface area (Å²) in [6, 6.07) is 0. The Morgan fingerprint density at radius 2 is 2.45 bits per heavy atom. The Morgan fingerprint density at radius 3 is 2.73 bits per heavy atom. The summed E-state index contributed by atoms with van der Waals surface area (Å²) in [5, 5.41) is 0. The maximum atomic E-state index is 12.2. The normalized spacial score (nSPS) is 18.9. The highest BCUT2D eigenvalue weighted by molar-refractivity contribution is 7.97. The molecule has 0 bridgehead atoms. The van der Waals surface area contributed by atoms with Crippen molar-refractivity contribution in [2.75, 3.05) is 5.88 Å². The molecule has 3 nitrogen and oxygen atoms in total. The predicted octanol–water partition coefficient (Wildman–Crippen LogP) is 2.07. The number of hydrogen-bond acceptors (Lipinski definition) is 3. The fraction of sp³-hybridized carbons (Fsp3) is 0.750. The van der Waals surface area contributed by atoms with Gasteiger partial charge in [0.2, 0.25) is 6.36 Å². The number of hydrogen-bond donors (Lipinski definition) is 1. The largest absolute Gasteiger partial charge is 0.367 e. The Labute approximate surface area is 74.0 Å². The van der Waals surface area contributed by atoms with Crippen LogP contribution in [0.4, 0.5) is 4.39 Å². The molecule has 0 fully saturated rings. The summed E-state index contributed by atoms with van der Waals surface area (Å²) in [6.07, 6.45) is -1.95. The molecule has 0 saturated carbocycles. The fourth-order valence-corrected chi connectivity index (χ4v) is 1.07. The zero-order chi connectivity index (χ0) is 9.07. The van der Waals surface area contributed by atoms with Crippen molar-refractivity contribution in [3.8, 4) is 0 Å². The summed E-state index contributed by atoms with van der Waals surface area (Å²) < 4.78 is 26.8. The maximum absolute atomic E-state index is 12.2. The fourth-order valence-electron chi connectivity index (χ4n) is 0.257. The summed E-state index contributed by atoms with van der Waals surface area (Å²) in [7, 11) is -4.07. The summed E-state index contributed by atoms with van der Waals surface area (Å²) in [5.41, 5.74) is 0. The van der Waals surface area contributed by atoms with E-state index >= 15 is 0 Å². The molecule has 0 amide bonds. The maximum Gasteiger partial charge on any atom is 0.367 e. The van der Waals surface area contributed by atoms with Crippen LogP contribution in [0.25, 0.3) is 0 Å². The van der Waals surface area contributed by atoms with Crippen LogP contribution in [0.3, 0.4) is 0 Å². The highest BCUT2D eigenvalue weighted by Crippen LogP contribution is 2.45. The molecule has 0 spiro atoms. The molecule has 7 heteroatoms. The zero-order valence-electron chi connectivity index (χ0n) is 5.66. The molecule has 0 aliphatic rings. The minimum atomic E-state index is -4.07. The standard InChI is InChI=1S/C4H7ClFO3PS/c1-3(11)10(7,8)9-4(6)2-5/h4H,2H2,1H3,(H,7,8). The summed E-state index contributed by atoms with van der Waals surface area (Å²) in [6.45, 7) is 1.21. The highest BCUT2D eigenvalue weighted by Gasteiger charge is 2.26. The van der Waals surface area contributed by atoms with E-state index in [-0.39, 0.29) is 4.61 Å². The van der Waals surface area contributed by atoms with Gasteiger partial charge in [0.15, 0.2) is 0 Å². The van der Waals surface area contributed by atoms with Gasteiger partial charge in [-0.15, -0.1) is 11.6 Å². The second-order valence-electron chi connectivity index (χ2n) is 1.71. The minimum Gasteiger partial charge on any atom is -0.321 e. The Morgan fingerprint density at radius 1 is 2.00 bits per heavy atom. The van der Waals surface area contributed by atoms with Gasteiger partial charge in [0.05, 0.1) is 5.88 Å². The van der Waals surface area contributed by atoms with Crippen LogP contribution < -0.4 is 0 Å². The Kier molecular flexibility index (Phi) is 4.66. The van der Waals surface area contributed by atoms with Crippen molar-refractivity contribution in [1.29, 1.82) is 0 Å². The van der Waals surface area contributed by atoms with E-state index in [9.17, 15) is 8.96 Å². The van der Waals surface area contributed by atoms with Gasteiger partial charge >= 0.3 is 7.60 Å². The van der Waals surface area contributed by atoms with E-state index in [1.165, 1.54) is 6.92 Å². The molecule has 0 heterocycles. The van der Waals surface area contributed by atoms with E-state index in [2.05, 4.69) is 16.7 Å². The second-order valence-corrected chi connectivity index (χ2v) is 4.86. The molecule has 0 aromatic rings. The van der Waals surface area contributed by atoms with E-state index in [0.717, 1.165) is 0 Å². The molecule has 0 aliphatic carbocycles. The van der Waals surface area contributed by atoms with Gasteiger partial charge in [-0.1, -0.05) is 12.2 Å². The van der Waals surface area contributed by atoms with Crippen LogP contribution >= 0.6 is 31.4 Å². The molecule has 0 aromatic heterocycles. The van der Waals surface area contributed by atoms with Crippen LogP contribution in [-0.2, 0) is 9.09 Å². The van der Waals surface area contributed by atoms with Gasteiger partial charge < -0.3 is 4.89 Å². The Balaban J connectivity index is 4.13. The lowest BCUT2D eigenvalue weighted by Gasteiger charge is -2.11. The van der Waals surface area contributed by atoms with Crippen molar-refractivity contribution in [3.05, 3.63) is 0 Å². The lowest BCUT2D eigenvalue weighted by atomic mass is 10.8. The van der Waals surface area contributed by atoms with Gasteiger partial charge in [0.25, 0.3) is 0 Å². The van der Waals surface area contributed by atoms with Gasteiger partial charge in [-0.25, -0.2) is 4.39 Å². The van der Waals surface area contributed by atoms with Crippen LogP contribution in [0.1, 0.15) is 6.92 Å². The summed E-state index contributed by atoms with van der Waals surface area (Å²) in [4.78, 5) is 8.79. The second kappa shape index (κ2) is 4.48. The molecule has 0 radical (unpaired) electrons. The van der Waals surface area contributed by atoms with Gasteiger partial charge in [-0.2, -0.15) is 0 Å². The van der Waals surface area contributed by atoms with Crippen molar-refractivity contribution in [2.24, 2.45) is 0 Å². The van der Waals surface area contributed by atoms with Crippen molar-refractivity contribution in [3.63, 3.8) is 0 Å². The van der Waals surface area contributed by atoms with E-state index in [1.54, 1.807) is 0 Å². The van der Waals surface area contributed by atoms with Gasteiger partial charge in [0, 0.05) is 0 Å². The topological polar surface area (TPSA) is 46.5 Å². The highest BCUT2D eigenvalue weighted by atomic mass is 35.5. The van der Waals surface area contributed by atoms with Crippen molar-refractivity contribution in [1.82, 2.24) is 0 Å². The minimum absolute atomic E-state index is 0.273. The molecule has 2 unspecified atom stereocenters. The summed E-state index contributed by atoms with van der Waals surface area (Å²) in [5.74, 6) is -0.493. The van der Waals surface area contributed by atoms with E-state index in [1.807, 2.05) is 0 Å².